The van der Waals surface area contributed by atoms with Crippen molar-refractivity contribution in [3.8, 4) is 0 Å². The molecular formula is C13H21N3O4. The molecule has 7 heteroatoms. The number of aryl methyl sites for hydroxylation is 1. The Morgan fingerprint density at radius 1 is 1.55 bits per heavy atom. The Hall–Kier alpha value is -1.57. The maximum absolute atomic E-state index is 11.0. The van der Waals surface area contributed by atoms with E-state index < -0.39 is 0 Å². The van der Waals surface area contributed by atoms with Crippen LogP contribution >= 0.6 is 0 Å². The van der Waals surface area contributed by atoms with Crippen LogP contribution in [0.1, 0.15) is 23.2 Å². The Morgan fingerprint density at radius 3 is 2.80 bits per heavy atom. The van der Waals surface area contributed by atoms with Gasteiger partial charge in [0.1, 0.15) is 0 Å². The molecule has 20 heavy (non-hydrogen) atoms. The average Bonchev–Trinajstić information content (AvgIpc) is 2.37. The zero-order valence-electron chi connectivity index (χ0n) is 12.0. The smallest absolute Gasteiger partial charge is 0.278 e. The summed E-state index contributed by atoms with van der Waals surface area (Å²) in [6.07, 6.45) is 2.07. The summed E-state index contributed by atoms with van der Waals surface area (Å²) < 4.78 is 5.05. The maximum Gasteiger partial charge on any atom is 0.278 e. The third kappa shape index (κ3) is 4.22. The molecule has 0 aliphatic rings. The molecule has 0 saturated carbocycles. The number of methoxy groups -OCH3 is 1. The lowest BCUT2D eigenvalue weighted by Crippen LogP contribution is -2.34. The predicted molar refractivity (Wildman–Crippen MR) is 74.6 cm³/mol. The van der Waals surface area contributed by atoms with Gasteiger partial charge in [0.2, 0.25) is 0 Å². The molecule has 7 nitrogen and oxygen atoms in total. The predicted octanol–water partition coefficient (Wildman–Crippen LogP) is 1.09. The lowest BCUT2D eigenvalue weighted by molar-refractivity contribution is -0.386. The average molecular weight is 283 g/mol. The molecule has 0 amide bonds. The van der Waals surface area contributed by atoms with E-state index in [9.17, 15) is 10.1 Å². The molecule has 0 saturated heterocycles. The van der Waals surface area contributed by atoms with Gasteiger partial charge < -0.3 is 15.2 Å². The highest BCUT2D eigenvalue weighted by molar-refractivity contribution is 5.47. The summed E-state index contributed by atoms with van der Waals surface area (Å²) in [6, 6.07) is -0.00782. The highest BCUT2D eigenvalue weighted by Crippen LogP contribution is 2.23. The number of hydrogen-bond donors (Lipinski definition) is 2. The van der Waals surface area contributed by atoms with Crippen LogP contribution in [-0.4, -0.2) is 41.4 Å². The minimum absolute atomic E-state index is 0.00782. The van der Waals surface area contributed by atoms with Crippen LogP contribution < -0.4 is 5.32 Å². The molecule has 2 N–H and O–H groups in total. The van der Waals surface area contributed by atoms with E-state index in [2.05, 4.69) is 10.3 Å². The summed E-state index contributed by atoms with van der Waals surface area (Å²) in [6.45, 7) is 4.30. The van der Waals surface area contributed by atoms with Gasteiger partial charge in [-0.2, -0.15) is 0 Å². The van der Waals surface area contributed by atoms with Gasteiger partial charge in [-0.3, -0.25) is 15.1 Å². The first-order chi connectivity index (χ1) is 9.51. The third-order valence-corrected chi connectivity index (χ3v) is 3.16. The number of pyridine rings is 1. The molecule has 0 fully saturated rings. The highest BCUT2D eigenvalue weighted by Gasteiger charge is 2.19. The van der Waals surface area contributed by atoms with Gasteiger partial charge in [-0.15, -0.1) is 0 Å². The molecule has 0 radical (unpaired) electrons. The van der Waals surface area contributed by atoms with E-state index in [1.807, 2.05) is 0 Å². The molecule has 0 aliphatic heterocycles. The fourth-order valence-corrected chi connectivity index (χ4v) is 2.07. The van der Waals surface area contributed by atoms with Crippen LogP contribution in [0.15, 0.2) is 6.20 Å². The van der Waals surface area contributed by atoms with Crippen LogP contribution in [0.5, 0.6) is 0 Å². The van der Waals surface area contributed by atoms with Gasteiger partial charge in [0.05, 0.1) is 17.2 Å². The van der Waals surface area contributed by atoms with Crippen molar-refractivity contribution >= 4 is 5.69 Å². The molecule has 1 atom stereocenters. The van der Waals surface area contributed by atoms with Crippen molar-refractivity contribution in [1.29, 1.82) is 0 Å². The van der Waals surface area contributed by atoms with Crippen molar-refractivity contribution < 1.29 is 14.8 Å². The Morgan fingerprint density at radius 2 is 2.25 bits per heavy atom. The second kappa shape index (κ2) is 7.88. The van der Waals surface area contributed by atoms with E-state index >= 15 is 0 Å². The number of nitrogens with zero attached hydrogens (tertiary/aromatic N) is 2. The number of ether oxygens (including phenoxy) is 1. The van der Waals surface area contributed by atoms with Gasteiger partial charge in [0.15, 0.2) is 0 Å². The van der Waals surface area contributed by atoms with Crippen molar-refractivity contribution in [3.63, 3.8) is 0 Å². The van der Waals surface area contributed by atoms with Crippen molar-refractivity contribution in [2.24, 2.45) is 0 Å². The Balaban J connectivity index is 2.82. The van der Waals surface area contributed by atoms with Crippen LogP contribution in [0.3, 0.4) is 0 Å². The van der Waals surface area contributed by atoms with Crippen molar-refractivity contribution in [2.75, 3.05) is 20.3 Å². The third-order valence-electron chi connectivity index (χ3n) is 3.16. The van der Waals surface area contributed by atoms with E-state index in [1.165, 1.54) is 6.20 Å². The molecular weight excluding hydrogens is 262 g/mol. The first-order valence-electron chi connectivity index (χ1n) is 6.43. The quantitative estimate of drug-likeness (QED) is 0.547. The number of rotatable bonds is 8. The summed E-state index contributed by atoms with van der Waals surface area (Å²) in [5, 5.41) is 23.2. The molecule has 1 aromatic rings. The fourth-order valence-electron chi connectivity index (χ4n) is 2.07. The number of nitrogens with one attached hydrogen (secondary N) is 1. The fraction of sp³-hybridized carbons (Fsp3) is 0.615. The summed E-state index contributed by atoms with van der Waals surface area (Å²) >= 11 is 0. The molecule has 1 heterocycles. The summed E-state index contributed by atoms with van der Waals surface area (Å²) in [7, 11) is 1.59. The highest BCUT2D eigenvalue weighted by atomic mass is 16.6. The SMILES string of the molecule is COCC(CCO)NCc1ncc(C)c([N+](=O)[O-])c1C. The minimum Gasteiger partial charge on any atom is -0.396 e. The molecule has 1 rings (SSSR count). The number of hydrogen-bond acceptors (Lipinski definition) is 6. The normalized spacial score (nSPS) is 12.4. The van der Waals surface area contributed by atoms with Gasteiger partial charge in [-0.25, -0.2) is 0 Å². The topological polar surface area (TPSA) is 97.5 Å². The van der Waals surface area contributed by atoms with E-state index in [0.29, 0.717) is 36.4 Å². The molecule has 0 spiro atoms. The molecule has 0 aliphatic carbocycles. The first kappa shape index (κ1) is 16.5. The van der Waals surface area contributed by atoms with E-state index in [-0.39, 0.29) is 23.3 Å². The van der Waals surface area contributed by atoms with Crippen molar-refractivity contribution in [2.45, 2.75) is 32.9 Å². The van der Waals surface area contributed by atoms with E-state index in [0.717, 1.165) is 0 Å². The number of aliphatic hydroxyl groups is 1. The van der Waals surface area contributed by atoms with Crippen LogP contribution in [0.2, 0.25) is 0 Å². The van der Waals surface area contributed by atoms with Gasteiger partial charge in [-0.1, -0.05) is 0 Å². The van der Waals surface area contributed by atoms with Crippen molar-refractivity contribution in [1.82, 2.24) is 10.3 Å². The van der Waals surface area contributed by atoms with Crippen LogP contribution in [0.4, 0.5) is 5.69 Å². The van der Waals surface area contributed by atoms with Crippen LogP contribution in [-0.2, 0) is 11.3 Å². The maximum atomic E-state index is 11.0. The van der Waals surface area contributed by atoms with Crippen LogP contribution in [0.25, 0.3) is 0 Å². The zero-order chi connectivity index (χ0) is 15.1. The summed E-state index contributed by atoms with van der Waals surface area (Å²) in [5.41, 5.74) is 1.88. The Labute approximate surface area is 118 Å². The minimum atomic E-state index is -0.379. The second-order valence-electron chi connectivity index (χ2n) is 4.66. The molecule has 1 unspecified atom stereocenters. The molecule has 0 aromatic carbocycles. The van der Waals surface area contributed by atoms with E-state index in [4.69, 9.17) is 9.84 Å². The summed E-state index contributed by atoms with van der Waals surface area (Å²) in [5.74, 6) is 0. The number of nitro groups is 1. The molecule has 1 aromatic heterocycles. The lowest BCUT2D eigenvalue weighted by atomic mass is 10.1. The number of aromatic nitrogens is 1. The monoisotopic (exact) mass is 283 g/mol. The van der Waals surface area contributed by atoms with Crippen molar-refractivity contribution in [3.05, 3.63) is 33.1 Å². The van der Waals surface area contributed by atoms with Crippen LogP contribution in [0, 0.1) is 24.0 Å². The van der Waals surface area contributed by atoms with Gasteiger partial charge in [0.25, 0.3) is 5.69 Å². The second-order valence-corrected chi connectivity index (χ2v) is 4.66. The largest absolute Gasteiger partial charge is 0.396 e. The number of aliphatic hydroxyl groups excluding tert-OH is 1. The van der Waals surface area contributed by atoms with Gasteiger partial charge in [-0.05, 0) is 20.3 Å². The Kier molecular flexibility index (Phi) is 6.50. The zero-order valence-corrected chi connectivity index (χ0v) is 12.0. The van der Waals surface area contributed by atoms with Gasteiger partial charge >= 0.3 is 0 Å². The summed E-state index contributed by atoms with van der Waals surface area (Å²) in [4.78, 5) is 14.9. The Bertz CT molecular complexity index is 459. The standard InChI is InChI=1S/C13H21N3O4/c1-9-6-15-12(10(2)13(9)16(18)19)7-14-11(4-5-17)8-20-3/h6,11,14,17H,4-5,7-8H2,1-3H3. The first-order valence-corrected chi connectivity index (χ1v) is 6.43. The lowest BCUT2D eigenvalue weighted by Gasteiger charge is -2.17. The molecule has 112 valence electrons. The molecule has 0 bridgehead atoms. The van der Waals surface area contributed by atoms with Gasteiger partial charge in [0, 0.05) is 43.6 Å². The van der Waals surface area contributed by atoms with E-state index in [1.54, 1.807) is 21.0 Å².